The van der Waals surface area contributed by atoms with Gasteiger partial charge in [-0.05, 0) is 98.9 Å². The van der Waals surface area contributed by atoms with Crippen LogP contribution in [0.3, 0.4) is 0 Å². The second-order valence-corrected chi connectivity index (χ2v) is 8.92. The zero-order chi connectivity index (χ0) is 21.0. The van der Waals surface area contributed by atoms with Crippen molar-refractivity contribution in [2.75, 3.05) is 52.5 Å². The van der Waals surface area contributed by atoms with Gasteiger partial charge in [0, 0.05) is 25.1 Å². The standard InChI is InChI=1S/C26H32N2O3/c29-26-18-20-17-21(30-15-13-27-9-1-2-10-27)5-7-23(20)24-8-6-22(19-25(24)26)31-16-14-28-11-3-4-12-28/h5-8,17,19H,1-4,9-16,18H2. The second kappa shape index (κ2) is 9.41. The molecule has 1 aliphatic carbocycles. The molecule has 0 spiro atoms. The van der Waals surface area contributed by atoms with E-state index >= 15 is 0 Å². The summed E-state index contributed by atoms with van der Waals surface area (Å²) in [5.74, 6) is 1.80. The minimum Gasteiger partial charge on any atom is -0.492 e. The van der Waals surface area contributed by atoms with E-state index in [9.17, 15) is 4.79 Å². The first kappa shape index (κ1) is 20.5. The number of benzene rings is 2. The topological polar surface area (TPSA) is 42.0 Å². The van der Waals surface area contributed by atoms with Gasteiger partial charge in [-0.25, -0.2) is 0 Å². The molecule has 2 aromatic rings. The third-order valence-corrected chi connectivity index (χ3v) is 6.76. The van der Waals surface area contributed by atoms with Crippen LogP contribution < -0.4 is 9.47 Å². The lowest BCUT2D eigenvalue weighted by atomic mass is 9.84. The molecule has 0 atom stereocenters. The molecule has 0 aromatic heterocycles. The van der Waals surface area contributed by atoms with Crippen LogP contribution in [0.4, 0.5) is 0 Å². The van der Waals surface area contributed by atoms with Crippen LogP contribution in [0.25, 0.3) is 11.1 Å². The molecule has 0 N–H and O–H groups in total. The van der Waals surface area contributed by atoms with Gasteiger partial charge in [0.15, 0.2) is 5.78 Å². The van der Waals surface area contributed by atoms with Crippen molar-refractivity contribution < 1.29 is 14.3 Å². The van der Waals surface area contributed by atoms with Gasteiger partial charge in [0.25, 0.3) is 0 Å². The van der Waals surface area contributed by atoms with Gasteiger partial charge in [0.1, 0.15) is 24.7 Å². The molecule has 5 nitrogen and oxygen atoms in total. The van der Waals surface area contributed by atoms with Gasteiger partial charge in [0.2, 0.25) is 0 Å². The molecule has 31 heavy (non-hydrogen) atoms. The number of rotatable bonds is 8. The Kier molecular flexibility index (Phi) is 6.23. The van der Waals surface area contributed by atoms with Crippen LogP contribution in [0.5, 0.6) is 11.5 Å². The Morgan fingerprint density at radius 2 is 1.23 bits per heavy atom. The highest BCUT2D eigenvalue weighted by atomic mass is 16.5. The molecule has 2 aliphatic heterocycles. The third-order valence-electron chi connectivity index (χ3n) is 6.76. The molecule has 3 aliphatic rings. The fraction of sp³-hybridized carbons (Fsp3) is 0.500. The quantitative estimate of drug-likeness (QED) is 0.645. The first-order valence-electron chi connectivity index (χ1n) is 11.8. The lowest BCUT2D eigenvalue weighted by molar-refractivity contribution is 0.0991. The minimum atomic E-state index is 0.154. The largest absolute Gasteiger partial charge is 0.492 e. The van der Waals surface area contributed by atoms with E-state index < -0.39 is 0 Å². The van der Waals surface area contributed by atoms with Crippen molar-refractivity contribution in [2.24, 2.45) is 0 Å². The van der Waals surface area contributed by atoms with Crippen molar-refractivity contribution in [3.8, 4) is 22.6 Å². The first-order valence-corrected chi connectivity index (χ1v) is 11.8. The number of hydrogen-bond acceptors (Lipinski definition) is 5. The van der Waals surface area contributed by atoms with Gasteiger partial charge >= 0.3 is 0 Å². The smallest absolute Gasteiger partial charge is 0.168 e. The second-order valence-electron chi connectivity index (χ2n) is 8.92. The highest BCUT2D eigenvalue weighted by Crippen LogP contribution is 2.37. The van der Waals surface area contributed by atoms with Crippen LogP contribution in [-0.2, 0) is 6.42 Å². The summed E-state index contributed by atoms with van der Waals surface area (Å²) < 4.78 is 11.9. The summed E-state index contributed by atoms with van der Waals surface area (Å²) in [6.07, 6.45) is 5.59. The number of carbonyl (C=O) groups excluding carboxylic acids is 1. The Morgan fingerprint density at radius 1 is 0.677 bits per heavy atom. The normalized spacial score (nSPS) is 18.8. The molecular weight excluding hydrogens is 388 g/mol. The Bertz CT molecular complexity index is 930. The maximum absolute atomic E-state index is 12.9. The van der Waals surface area contributed by atoms with E-state index in [2.05, 4.69) is 15.9 Å². The van der Waals surface area contributed by atoms with E-state index in [1.807, 2.05) is 30.3 Å². The number of fused-ring (bicyclic) bond motifs is 3. The number of ether oxygens (including phenoxy) is 2. The lowest BCUT2D eigenvalue weighted by Gasteiger charge is -2.21. The molecule has 2 aromatic carbocycles. The fourth-order valence-electron chi connectivity index (χ4n) is 5.01. The third kappa shape index (κ3) is 4.78. The van der Waals surface area contributed by atoms with E-state index in [0.717, 1.165) is 46.8 Å². The van der Waals surface area contributed by atoms with Gasteiger partial charge in [0.05, 0.1) is 0 Å². The van der Waals surface area contributed by atoms with Gasteiger partial charge < -0.3 is 9.47 Å². The molecule has 2 fully saturated rings. The van der Waals surface area contributed by atoms with E-state index in [4.69, 9.17) is 9.47 Å². The maximum Gasteiger partial charge on any atom is 0.168 e. The Balaban J connectivity index is 1.23. The fourth-order valence-corrected chi connectivity index (χ4v) is 5.01. The molecule has 2 heterocycles. The van der Waals surface area contributed by atoms with Gasteiger partial charge in [-0.2, -0.15) is 0 Å². The van der Waals surface area contributed by atoms with Gasteiger partial charge in [-0.3, -0.25) is 14.6 Å². The summed E-state index contributed by atoms with van der Waals surface area (Å²) in [7, 11) is 0. The van der Waals surface area contributed by atoms with Crippen molar-refractivity contribution in [1.82, 2.24) is 9.80 Å². The van der Waals surface area contributed by atoms with Crippen molar-refractivity contribution in [1.29, 1.82) is 0 Å². The van der Waals surface area contributed by atoms with E-state index in [1.54, 1.807) is 0 Å². The van der Waals surface area contributed by atoms with Crippen LogP contribution in [0.15, 0.2) is 36.4 Å². The number of ketones is 1. The van der Waals surface area contributed by atoms with E-state index in [1.165, 1.54) is 51.9 Å². The predicted octanol–water partition coefficient (Wildman–Crippen LogP) is 4.04. The highest BCUT2D eigenvalue weighted by Gasteiger charge is 2.24. The minimum absolute atomic E-state index is 0.154. The summed E-state index contributed by atoms with van der Waals surface area (Å²) in [5, 5.41) is 0. The van der Waals surface area contributed by atoms with Crippen molar-refractivity contribution >= 4 is 5.78 Å². The van der Waals surface area contributed by atoms with Crippen molar-refractivity contribution in [3.63, 3.8) is 0 Å². The van der Waals surface area contributed by atoms with Crippen LogP contribution in [-0.4, -0.2) is 68.1 Å². The summed E-state index contributed by atoms with van der Waals surface area (Å²) in [5.41, 5.74) is 3.96. The summed E-state index contributed by atoms with van der Waals surface area (Å²) in [6.45, 7) is 8.00. The highest BCUT2D eigenvalue weighted by molar-refractivity contribution is 6.07. The Morgan fingerprint density at radius 3 is 1.84 bits per heavy atom. The summed E-state index contributed by atoms with van der Waals surface area (Å²) >= 11 is 0. The summed E-state index contributed by atoms with van der Waals surface area (Å²) in [4.78, 5) is 17.8. The molecule has 164 valence electrons. The first-order chi connectivity index (χ1) is 15.3. The van der Waals surface area contributed by atoms with E-state index in [0.29, 0.717) is 19.6 Å². The van der Waals surface area contributed by atoms with Crippen LogP contribution in [0.2, 0.25) is 0 Å². The number of Topliss-reactive ketones (excluding diaryl/α,β-unsaturated/α-hetero) is 1. The molecule has 0 amide bonds. The summed E-state index contributed by atoms with van der Waals surface area (Å²) in [6, 6.07) is 12.1. The van der Waals surface area contributed by atoms with Gasteiger partial charge in [-0.15, -0.1) is 0 Å². The number of carbonyl (C=O) groups is 1. The number of likely N-dealkylation sites (tertiary alicyclic amines) is 2. The van der Waals surface area contributed by atoms with Crippen LogP contribution in [0, 0.1) is 0 Å². The molecule has 5 rings (SSSR count). The molecule has 0 saturated carbocycles. The average Bonchev–Trinajstić information content (AvgIpc) is 3.48. The van der Waals surface area contributed by atoms with Crippen LogP contribution in [0.1, 0.15) is 41.6 Å². The van der Waals surface area contributed by atoms with Crippen molar-refractivity contribution in [2.45, 2.75) is 32.1 Å². The monoisotopic (exact) mass is 420 g/mol. The SMILES string of the molecule is O=C1Cc2cc(OCCN3CCCC3)ccc2-c2ccc(OCCN3CCCC3)cc21. The maximum atomic E-state index is 12.9. The Hall–Kier alpha value is -2.37. The molecule has 5 heteroatoms. The Labute approximate surface area is 184 Å². The molecule has 2 saturated heterocycles. The predicted molar refractivity (Wildman–Crippen MR) is 122 cm³/mol. The molecule has 0 unspecified atom stereocenters. The van der Waals surface area contributed by atoms with Crippen LogP contribution >= 0.6 is 0 Å². The molecular formula is C26H32N2O3. The zero-order valence-electron chi connectivity index (χ0n) is 18.3. The average molecular weight is 421 g/mol. The lowest BCUT2D eigenvalue weighted by Crippen LogP contribution is -2.25. The molecule has 0 radical (unpaired) electrons. The number of nitrogens with zero attached hydrogens (tertiary/aromatic N) is 2. The van der Waals surface area contributed by atoms with Crippen molar-refractivity contribution in [3.05, 3.63) is 47.5 Å². The van der Waals surface area contributed by atoms with Gasteiger partial charge in [-0.1, -0.05) is 6.07 Å². The number of hydrogen-bond donors (Lipinski definition) is 0. The molecule has 0 bridgehead atoms. The van der Waals surface area contributed by atoms with E-state index in [-0.39, 0.29) is 5.78 Å². The zero-order valence-corrected chi connectivity index (χ0v) is 18.3.